The largest absolute Gasteiger partial charge is 0.324 e. The number of nitrogens with zero attached hydrogens (tertiary/aromatic N) is 3. The van der Waals surface area contributed by atoms with Crippen molar-refractivity contribution in [3.63, 3.8) is 0 Å². The molecule has 0 N–H and O–H groups in total. The highest BCUT2D eigenvalue weighted by Gasteiger charge is 2.23. The number of hydrogen-bond donors (Lipinski definition) is 0. The molecule has 4 nitrogen and oxygen atoms in total. The van der Waals surface area contributed by atoms with Crippen LogP contribution in [0.5, 0.6) is 0 Å². The predicted octanol–water partition coefficient (Wildman–Crippen LogP) is 3.04. The van der Waals surface area contributed by atoms with Gasteiger partial charge in [-0.25, -0.2) is 0 Å². The molecule has 2 atom stereocenters. The van der Waals surface area contributed by atoms with Gasteiger partial charge >= 0.3 is 6.01 Å². The SMILES string of the molecule is CCc1noc(N(C(C)CC)C(C)CC)n1. The van der Waals surface area contributed by atoms with Gasteiger partial charge in [0, 0.05) is 18.5 Å². The van der Waals surface area contributed by atoms with Crippen LogP contribution in [0.1, 0.15) is 53.3 Å². The van der Waals surface area contributed by atoms with Gasteiger partial charge in [0.15, 0.2) is 5.82 Å². The summed E-state index contributed by atoms with van der Waals surface area (Å²) < 4.78 is 5.33. The molecular weight excluding hydrogens is 202 g/mol. The molecule has 0 aromatic carbocycles. The van der Waals surface area contributed by atoms with E-state index < -0.39 is 0 Å². The zero-order valence-corrected chi connectivity index (χ0v) is 11.0. The topological polar surface area (TPSA) is 42.2 Å². The van der Waals surface area contributed by atoms with Crippen LogP contribution in [0.4, 0.5) is 6.01 Å². The summed E-state index contributed by atoms with van der Waals surface area (Å²) in [5.41, 5.74) is 0. The van der Waals surface area contributed by atoms with E-state index in [0.717, 1.165) is 25.1 Å². The van der Waals surface area contributed by atoms with Gasteiger partial charge in [-0.2, -0.15) is 4.98 Å². The molecule has 1 heterocycles. The molecule has 0 radical (unpaired) electrons. The Morgan fingerprint density at radius 3 is 2.06 bits per heavy atom. The Labute approximate surface area is 98.0 Å². The van der Waals surface area contributed by atoms with E-state index in [0.29, 0.717) is 18.1 Å². The van der Waals surface area contributed by atoms with E-state index in [1.54, 1.807) is 0 Å². The minimum Gasteiger partial charge on any atom is -0.319 e. The molecule has 2 unspecified atom stereocenters. The third-order valence-electron chi connectivity index (χ3n) is 3.13. The normalized spacial score (nSPS) is 14.8. The van der Waals surface area contributed by atoms with Gasteiger partial charge in [0.1, 0.15) is 0 Å². The van der Waals surface area contributed by atoms with Crippen molar-refractivity contribution in [1.29, 1.82) is 0 Å². The molecule has 0 saturated carbocycles. The lowest BCUT2D eigenvalue weighted by atomic mass is 10.1. The zero-order valence-electron chi connectivity index (χ0n) is 11.0. The Balaban J connectivity index is 2.91. The van der Waals surface area contributed by atoms with Crippen molar-refractivity contribution in [2.45, 2.75) is 66.0 Å². The second-order valence-corrected chi connectivity index (χ2v) is 4.27. The van der Waals surface area contributed by atoms with E-state index in [-0.39, 0.29) is 0 Å². The highest BCUT2D eigenvalue weighted by Crippen LogP contribution is 2.21. The average Bonchev–Trinajstić information content (AvgIpc) is 2.77. The van der Waals surface area contributed by atoms with Crippen LogP contribution in [0.15, 0.2) is 4.52 Å². The molecule has 0 amide bonds. The van der Waals surface area contributed by atoms with Crippen LogP contribution in [-0.4, -0.2) is 22.2 Å². The lowest BCUT2D eigenvalue weighted by Gasteiger charge is -2.31. The minimum absolute atomic E-state index is 0.431. The maximum atomic E-state index is 5.33. The first-order chi connectivity index (χ1) is 7.63. The number of anilines is 1. The summed E-state index contributed by atoms with van der Waals surface area (Å²) in [6, 6.07) is 1.53. The van der Waals surface area contributed by atoms with Crippen LogP contribution in [-0.2, 0) is 6.42 Å². The smallest absolute Gasteiger partial charge is 0.319 e. The van der Waals surface area contributed by atoms with Crippen LogP contribution in [0, 0.1) is 0 Å². The highest BCUT2D eigenvalue weighted by atomic mass is 16.5. The number of hydrogen-bond acceptors (Lipinski definition) is 4. The van der Waals surface area contributed by atoms with E-state index in [9.17, 15) is 0 Å². The standard InChI is InChI=1S/C12H23N3O/c1-6-9(4)15(10(5)7-2)12-13-11(8-3)14-16-12/h9-10H,6-8H2,1-5H3. The lowest BCUT2D eigenvalue weighted by molar-refractivity contribution is 0.379. The van der Waals surface area contributed by atoms with Gasteiger partial charge in [-0.15, -0.1) is 0 Å². The maximum Gasteiger partial charge on any atom is 0.324 e. The zero-order chi connectivity index (χ0) is 12.1. The van der Waals surface area contributed by atoms with Crippen molar-refractivity contribution in [2.24, 2.45) is 0 Å². The van der Waals surface area contributed by atoms with Gasteiger partial charge < -0.3 is 9.42 Å². The molecule has 1 rings (SSSR count). The molecule has 0 aliphatic rings. The molecule has 0 saturated heterocycles. The Morgan fingerprint density at radius 1 is 1.12 bits per heavy atom. The molecule has 1 aromatic rings. The van der Waals surface area contributed by atoms with E-state index in [4.69, 9.17) is 4.52 Å². The molecule has 0 aliphatic carbocycles. The Bertz CT molecular complexity index is 301. The van der Waals surface area contributed by atoms with Crippen molar-refractivity contribution >= 4 is 6.01 Å². The molecule has 16 heavy (non-hydrogen) atoms. The summed E-state index contributed by atoms with van der Waals surface area (Å²) in [6.07, 6.45) is 2.97. The van der Waals surface area contributed by atoms with Gasteiger partial charge in [0.25, 0.3) is 0 Å². The number of aryl methyl sites for hydroxylation is 1. The first-order valence-electron chi connectivity index (χ1n) is 6.24. The minimum atomic E-state index is 0.431. The summed E-state index contributed by atoms with van der Waals surface area (Å²) >= 11 is 0. The van der Waals surface area contributed by atoms with Crippen molar-refractivity contribution in [1.82, 2.24) is 10.1 Å². The Morgan fingerprint density at radius 2 is 1.69 bits per heavy atom. The van der Waals surface area contributed by atoms with Crippen molar-refractivity contribution in [3.05, 3.63) is 5.82 Å². The van der Waals surface area contributed by atoms with E-state index in [1.807, 2.05) is 6.92 Å². The van der Waals surface area contributed by atoms with Gasteiger partial charge in [-0.1, -0.05) is 25.9 Å². The predicted molar refractivity (Wildman–Crippen MR) is 65.7 cm³/mol. The molecule has 0 aliphatic heterocycles. The van der Waals surface area contributed by atoms with Crippen molar-refractivity contribution in [2.75, 3.05) is 4.90 Å². The van der Waals surface area contributed by atoms with Crippen LogP contribution < -0.4 is 4.90 Å². The summed E-state index contributed by atoms with van der Waals surface area (Å²) in [4.78, 5) is 6.64. The van der Waals surface area contributed by atoms with Crippen LogP contribution >= 0.6 is 0 Å². The third-order valence-corrected chi connectivity index (χ3v) is 3.13. The molecular formula is C12H23N3O. The molecule has 0 fully saturated rings. The van der Waals surface area contributed by atoms with Crippen molar-refractivity contribution < 1.29 is 4.52 Å². The van der Waals surface area contributed by atoms with Crippen molar-refractivity contribution in [3.8, 4) is 0 Å². The van der Waals surface area contributed by atoms with Gasteiger partial charge in [-0.05, 0) is 26.7 Å². The fourth-order valence-corrected chi connectivity index (χ4v) is 1.70. The fourth-order valence-electron chi connectivity index (χ4n) is 1.70. The monoisotopic (exact) mass is 225 g/mol. The van der Waals surface area contributed by atoms with Crippen LogP contribution in [0.3, 0.4) is 0 Å². The summed E-state index contributed by atoms with van der Waals surface area (Å²) in [5, 5.41) is 3.96. The molecule has 1 aromatic heterocycles. The van der Waals surface area contributed by atoms with E-state index >= 15 is 0 Å². The summed E-state index contributed by atoms with van der Waals surface area (Å²) in [7, 11) is 0. The first-order valence-corrected chi connectivity index (χ1v) is 6.24. The quantitative estimate of drug-likeness (QED) is 0.746. The maximum absolute atomic E-state index is 5.33. The van der Waals surface area contributed by atoms with E-state index in [2.05, 4.69) is 42.7 Å². The highest BCUT2D eigenvalue weighted by molar-refractivity contribution is 5.28. The second-order valence-electron chi connectivity index (χ2n) is 4.27. The molecule has 92 valence electrons. The third kappa shape index (κ3) is 2.74. The van der Waals surface area contributed by atoms with Gasteiger partial charge in [0.2, 0.25) is 0 Å². The van der Waals surface area contributed by atoms with Crippen LogP contribution in [0.25, 0.3) is 0 Å². The first kappa shape index (κ1) is 13.0. The van der Waals surface area contributed by atoms with Gasteiger partial charge in [0.05, 0.1) is 0 Å². The average molecular weight is 225 g/mol. The Hall–Kier alpha value is -1.06. The second kappa shape index (κ2) is 5.87. The summed E-state index contributed by atoms with van der Waals surface area (Å²) in [5.74, 6) is 0.784. The van der Waals surface area contributed by atoms with Crippen LogP contribution in [0.2, 0.25) is 0 Å². The summed E-state index contributed by atoms with van der Waals surface area (Å²) in [6.45, 7) is 10.8. The lowest BCUT2D eigenvalue weighted by Crippen LogP contribution is -2.40. The van der Waals surface area contributed by atoms with E-state index in [1.165, 1.54) is 0 Å². The molecule has 4 heteroatoms. The molecule has 0 spiro atoms. The Kier molecular flexibility index (Phi) is 4.77. The number of aromatic nitrogens is 2. The van der Waals surface area contributed by atoms with Gasteiger partial charge in [-0.3, -0.25) is 0 Å². The number of rotatable bonds is 6. The molecule has 0 bridgehead atoms. The fraction of sp³-hybridized carbons (Fsp3) is 0.833.